The van der Waals surface area contributed by atoms with Crippen LogP contribution < -0.4 is 15.8 Å². The Morgan fingerprint density at radius 3 is 3.00 bits per heavy atom. The molecule has 6 nitrogen and oxygen atoms in total. The van der Waals surface area contributed by atoms with Gasteiger partial charge in [0.05, 0.1) is 31.2 Å². The van der Waals surface area contributed by atoms with Crippen LogP contribution in [-0.4, -0.2) is 29.9 Å². The van der Waals surface area contributed by atoms with Crippen molar-refractivity contribution in [1.82, 2.24) is 15.1 Å². The van der Waals surface area contributed by atoms with Crippen LogP contribution in [0, 0.1) is 0 Å². The molecule has 0 radical (unpaired) electrons. The van der Waals surface area contributed by atoms with Crippen molar-refractivity contribution in [3.8, 4) is 0 Å². The molecule has 0 aliphatic carbocycles. The van der Waals surface area contributed by atoms with E-state index in [1.807, 2.05) is 31.0 Å². The molecule has 0 saturated carbocycles. The van der Waals surface area contributed by atoms with E-state index in [0.717, 1.165) is 18.0 Å². The van der Waals surface area contributed by atoms with Crippen molar-refractivity contribution in [1.29, 1.82) is 0 Å². The topological polar surface area (TPSA) is 63.3 Å². The van der Waals surface area contributed by atoms with Crippen LogP contribution in [0.15, 0.2) is 39.9 Å². The molecular weight excluding hydrogens is 256 g/mol. The van der Waals surface area contributed by atoms with Gasteiger partial charge in [-0.15, -0.1) is 0 Å². The van der Waals surface area contributed by atoms with Gasteiger partial charge in [0, 0.05) is 26.2 Å². The standard InChI is InChI=1S/C14H20N4O2/c1-3-17(2)12-9-14(19)18(16-10-12)7-6-15-11-13-5-4-8-20-13/h4-5,8-10,15H,3,6-7,11H2,1-2H3. The van der Waals surface area contributed by atoms with Crippen molar-refractivity contribution in [2.45, 2.75) is 20.0 Å². The molecule has 0 unspecified atom stereocenters. The first kappa shape index (κ1) is 14.3. The second-order valence-electron chi connectivity index (χ2n) is 4.55. The van der Waals surface area contributed by atoms with Crippen molar-refractivity contribution in [2.24, 2.45) is 0 Å². The first-order valence-electron chi connectivity index (χ1n) is 6.72. The largest absolute Gasteiger partial charge is 0.468 e. The number of nitrogens with one attached hydrogen (secondary N) is 1. The maximum Gasteiger partial charge on any atom is 0.268 e. The van der Waals surface area contributed by atoms with Gasteiger partial charge in [-0.2, -0.15) is 5.10 Å². The Balaban J connectivity index is 1.85. The van der Waals surface area contributed by atoms with E-state index < -0.39 is 0 Å². The summed E-state index contributed by atoms with van der Waals surface area (Å²) < 4.78 is 6.67. The summed E-state index contributed by atoms with van der Waals surface area (Å²) in [5.41, 5.74) is 0.764. The summed E-state index contributed by atoms with van der Waals surface area (Å²) in [5.74, 6) is 0.880. The van der Waals surface area contributed by atoms with Crippen molar-refractivity contribution in [2.75, 3.05) is 25.0 Å². The first-order valence-corrected chi connectivity index (χ1v) is 6.72. The van der Waals surface area contributed by atoms with Crippen LogP contribution in [0.1, 0.15) is 12.7 Å². The summed E-state index contributed by atoms with van der Waals surface area (Å²) >= 11 is 0. The zero-order chi connectivity index (χ0) is 14.4. The highest BCUT2D eigenvalue weighted by Crippen LogP contribution is 2.05. The Labute approximate surface area is 118 Å². The van der Waals surface area contributed by atoms with E-state index in [9.17, 15) is 4.79 Å². The summed E-state index contributed by atoms with van der Waals surface area (Å²) in [5, 5.41) is 7.39. The summed E-state index contributed by atoms with van der Waals surface area (Å²) in [7, 11) is 1.94. The second-order valence-corrected chi connectivity index (χ2v) is 4.55. The Hall–Kier alpha value is -2.08. The molecule has 0 aromatic carbocycles. The highest BCUT2D eigenvalue weighted by Gasteiger charge is 2.03. The van der Waals surface area contributed by atoms with Crippen molar-refractivity contribution >= 4 is 5.69 Å². The normalized spacial score (nSPS) is 10.7. The Morgan fingerprint density at radius 2 is 2.35 bits per heavy atom. The number of hydrogen-bond acceptors (Lipinski definition) is 5. The van der Waals surface area contributed by atoms with E-state index >= 15 is 0 Å². The minimum absolute atomic E-state index is 0.0809. The van der Waals surface area contributed by atoms with Gasteiger partial charge in [0.15, 0.2) is 0 Å². The molecule has 2 heterocycles. The van der Waals surface area contributed by atoms with E-state index in [-0.39, 0.29) is 5.56 Å². The zero-order valence-electron chi connectivity index (χ0n) is 11.9. The molecule has 2 aromatic rings. The summed E-state index contributed by atoms with van der Waals surface area (Å²) in [6.45, 7) is 4.73. The van der Waals surface area contributed by atoms with Crippen LogP contribution in [0.3, 0.4) is 0 Å². The summed E-state index contributed by atoms with van der Waals surface area (Å²) in [4.78, 5) is 13.9. The lowest BCUT2D eigenvalue weighted by Crippen LogP contribution is -2.29. The predicted molar refractivity (Wildman–Crippen MR) is 77.9 cm³/mol. The molecule has 2 rings (SSSR count). The van der Waals surface area contributed by atoms with Gasteiger partial charge in [0.1, 0.15) is 5.76 Å². The summed E-state index contributed by atoms with van der Waals surface area (Å²) in [6.07, 6.45) is 3.36. The number of nitrogens with zero attached hydrogens (tertiary/aromatic N) is 3. The van der Waals surface area contributed by atoms with Crippen LogP contribution >= 0.6 is 0 Å². The van der Waals surface area contributed by atoms with Gasteiger partial charge in [0.25, 0.3) is 5.56 Å². The summed E-state index contributed by atoms with van der Waals surface area (Å²) in [6, 6.07) is 5.38. The smallest absolute Gasteiger partial charge is 0.268 e. The fourth-order valence-corrected chi connectivity index (χ4v) is 1.79. The fraction of sp³-hybridized carbons (Fsp3) is 0.429. The Morgan fingerprint density at radius 1 is 1.50 bits per heavy atom. The third kappa shape index (κ3) is 3.71. The monoisotopic (exact) mass is 276 g/mol. The average molecular weight is 276 g/mol. The van der Waals surface area contributed by atoms with Crippen LogP contribution in [-0.2, 0) is 13.1 Å². The third-order valence-corrected chi connectivity index (χ3v) is 3.15. The molecule has 0 atom stereocenters. The molecule has 2 aromatic heterocycles. The molecule has 20 heavy (non-hydrogen) atoms. The molecule has 0 amide bonds. The molecule has 0 saturated heterocycles. The van der Waals surface area contributed by atoms with Crippen molar-refractivity contribution in [3.05, 3.63) is 46.8 Å². The van der Waals surface area contributed by atoms with Crippen molar-refractivity contribution in [3.63, 3.8) is 0 Å². The Kier molecular flexibility index (Phi) is 4.95. The molecule has 0 spiro atoms. The van der Waals surface area contributed by atoms with Crippen LogP contribution in [0.2, 0.25) is 0 Å². The molecule has 6 heteroatoms. The Bertz CT molecular complexity index is 577. The number of furan rings is 1. The predicted octanol–water partition coefficient (Wildman–Crippen LogP) is 1.08. The van der Waals surface area contributed by atoms with E-state index in [2.05, 4.69) is 10.4 Å². The van der Waals surface area contributed by atoms with Gasteiger partial charge in [-0.25, -0.2) is 4.68 Å². The molecule has 0 fully saturated rings. The van der Waals surface area contributed by atoms with Gasteiger partial charge in [-0.1, -0.05) is 0 Å². The van der Waals surface area contributed by atoms with Gasteiger partial charge >= 0.3 is 0 Å². The molecule has 0 bridgehead atoms. The van der Waals surface area contributed by atoms with Crippen molar-refractivity contribution < 1.29 is 4.42 Å². The zero-order valence-corrected chi connectivity index (χ0v) is 11.9. The van der Waals surface area contributed by atoms with E-state index in [1.54, 1.807) is 18.5 Å². The van der Waals surface area contributed by atoms with Crippen LogP contribution in [0.5, 0.6) is 0 Å². The van der Waals surface area contributed by atoms with E-state index in [0.29, 0.717) is 19.6 Å². The molecule has 108 valence electrons. The SMILES string of the molecule is CCN(C)c1cnn(CCNCc2ccco2)c(=O)c1. The van der Waals surface area contributed by atoms with E-state index in [4.69, 9.17) is 4.42 Å². The molecular formula is C14H20N4O2. The lowest BCUT2D eigenvalue weighted by molar-refractivity contribution is 0.465. The first-order chi connectivity index (χ1) is 9.70. The minimum Gasteiger partial charge on any atom is -0.468 e. The highest BCUT2D eigenvalue weighted by atomic mass is 16.3. The quantitative estimate of drug-likeness (QED) is 0.767. The van der Waals surface area contributed by atoms with Gasteiger partial charge in [0.2, 0.25) is 0 Å². The molecule has 0 aliphatic rings. The lowest BCUT2D eigenvalue weighted by atomic mass is 10.4. The van der Waals surface area contributed by atoms with Gasteiger partial charge in [-0.3, -0.25) is 4.79 Å². The number of aromatic nitrogens is 2. The lowest BCUT2D eigenvalue weighted by Gasteiger charge is -2.16. The fourth-order valence-electron chi connectivity index (χ4n) is 1.79. The number of rotatable bonds is 7. The molecule has 0 aliphatic heterocycles. The highest BCUT2D eigenvalue weighted by molar-refractivity contribution is 5.41. The van der Waals surface area contributed by atoms with Gasteiger partial charge in [-0.05, 0) is 19.1 Å². The third-order valence-electron chi connectivity index (χ3n) is 3.15. The van der Waals surface area contributed by atoms with Gasteiger partial charge < -0.3 is 14.6 Å². The number of anilines is 1. The maximum absolute atomic E-state index is 11.9. The maximum atomic E-state index is 11.9. The average Bonchev–Trinajstić information content (AvgIpc) is 2.97. The van der Waals surface area contributed by atoms with Crippen LogP contribution in [0.4, 0.5) is 5.69 Å². The van der Waals surface area contributed by atoms with E-state index in [1.165, 1.54) is 4.68 Å². The minimum atomic E-state index is -0.0809. The number of hydrogen-bond donors (Lipinski definition) is 1. The molecule has 1 N–H and O–H groups in total. The second kappa shape index (κ2) is 6.91. The van der Waals surface area contributed by atoms with Crippen LogP contribution in [0.25, 0.3) is 0 Å².